The Labute approximate surface area is 133 Å². The molecule has 0 fully saturated rings. The van der Waals surface area contributed by atoms with Gasteiger partial charge in [0.25, 0.3) is 11.2 Å². The van der Waals surface area contributed by atoms with Crippen molar-refractivity contribution in [3.05, 3.63) is 59.8 Å². The van der Waals surface area contributed by atoms with E-state index in [2.05, 4.69) is 4.98 Å². The topological polar surface area (TPSA) is 87.3 Å². The number of hydrogen-bond donors (Lipinski definition) is 0. The lowest BCUT2D eigenvalue weighted by molar-refractivity contribution is -0.385. The fourth-order valence-corrected chi connectivity index (χ4v) is 2.26. The first kappa shape index (κ1) is 15.4. The molecule has 0 aliphatic rings. The fourth-order valence-electron chi connectivity index (χ4n) is 1.81. The summed E-state index contributed by atoms with van der Waals surface area (Å²) >= 11 is 1.94. The summed E-state index contributed by atoms with van der Waals surface area (Å²) in [5.74, 6) is 0.377. The van der Waals surface area contributed by atoms with Crippen molar-refractivity contribution >= 4 is 28.3 Å². The van der Waals surface area contributed by atoms with Crippen LogP contribution in [0.15, 0.2) is 29.3 Å². The zero-order valence-electron chi connectivity index (χ0n) is 11.4. The minimum Gasteiger partial charge on any atom is -0.496 e. The molecule has 0 aliphatic heterocycles. The molecular weight excluding hydrogens is 389 g/mol. The first-order valence-electron chi connectivity index (χ1n) is 5.96. The predicted molar refractivity (Wildman–Crippen MR) is 84.7 cm³/mol. The summed E-state index contributed by atoms with van der Waals surface area (Å²) in [6.45, 7) is 1.95. The van der Waals surface area contributed by atoms with E-state index in [9.17, 15) is 14.9 Å². The second-order valence-corrected chi connectivity index (χ2v) is 5.45. The quantitative estimate of drug-likeness (QED) is 0.445. The van der Waals surface area contributed by atoms with E-state index in [0.717, 1.165) is 0 Å². The number of methoxy groups -OCH3 is 1. The molecule has 1 aromatic heterocycles. The third-order valence-corrected chi connectivity index (χ3v) is 4.15. The average Bonchev–Trinajstić information content (AvgIpc) is 2.47. The van der Waals surface area contributed by atoms with E-state index in [1.165, 1.54) is 30.1 Å². The van der Waals surface area contributed by atoms with E-state index in [-0.39, 0.29) is 17.8 Å². The molecule has 0 aliphatic carbocycles. The van der Waals surface area contributed by atoms with Crippen molar-refractivity contribution < 1.29 is 9.66 Å². The van der Waals surface area contributed by atoms with Crippen molar-refractivity contribution in [1.29, 1.82) is 0 Å². The Bertz CT molecular complexity index is 758. The Hall–Kier alpha value is -1.97. The number of ether oxygens (including phenoxy) is 1. The fraction of sp³-hybridized carbons (Fsp3) is 0.231. The highest BCUT2D eigenvalue weighted by atomic mass is 127. The monoisotopic (exact) mass is 401 g/mol. The van der Waals surface area contributed by atoms with Crippen molar-refractivity contribution in [1.82, 2.24) is 9.55 Å². The highest BCUT2D eigenvalue weighted by molar-refractivity contribution is 14.1. The van der Waals surface area contributed by atoms with Gasteiger partial charge in [0.15, 0.2) is 0 Å². The largest absolute Gasteiger partial charge is 0.496 e. The molecule has 0 saturated heterocycles. The van der Waals surface area contributed by atoms with Gasteiger partial charge >= 0.3 is 0 Å². The van der Waals surface area contributed by atoms with Crippen molar-refractivity contribution in [3.8, 4) is 5.75 Å². The van der Waals surface area contributed by atoms with Gasteiger partial charge in [-0.1, -0.05) is 0 Å². The summed E-state index contributed by atoms with van der Waals surface area (Å²) in [7, 11) is 1.44. The van der Waals surface area contributed by atoms with Gasteiger partial charge in [0, 0.05) is 6.07 Å². The summed E-state index contributed by atoms with van der Waals surface area (Å²) < 4.78 is 6.99. The smallest absolute Gasteiger partial charge is 0.273 e. The van der Waals surface area contributed by atoms with E-state index in [4.69, 9.17) is 4.74 Å². The van der Waals surface area contributed by atoms with Crippen LogP contribution in [0.4, 0.5) is 5.69 Å². The molecule has 21 heavy (non-hydrogen) atoms. The van der Waals surface area contributed by atoms with Gasteiger partial charge in [-0.2, -0.15) is 0 Å². The van der Waals surface area contributed by atoms with Gasteiger partial charge in [0.1, 0.15) is 5.75 Å². The number of aromatic nitrogens is 2. The van der Waals surface area contributed by atoms with Gasteiger partial charge in [-0.25, -0.2) is 4.98 Å². The molecule has 0 amide bonds. The van der Waals surface area contributed by atoms with Crippen LogP contribution in [0, 0.1) is 20.6 Å². The third-order valence-electron chi connectivity index (χ3n) is 2.91. The van der Waals surface area contributed by atoms with E-state index < -0.39 is 4.92 Å². The van der Waals surface area contributed by atoms with Crippen LogP contribution >= 0.6 is 22.6 Å². The van der Waals surface area contributed by atoms with Crippen molar-refractivity contribution in [2.75, 3.05) is 7.11 Å². The Kier molecular flexibility index (Phi) is 4.56. The number of nitrogens with zero attached hydrogens (tertiary/aromatic N) is 3. The molecule has 7 nitrogen and oxygen atoms in total. The normalized spacial score (nSPS) is 10.4. The van der Waals surface area contributed by atoms with Crippen LogP contribution in [0.2, 0.25) is 0 Å². The van der Waals surface area contributed by atoms with Gasteiger partial charge in [-0.15, -0.1) is 0 Å². The summed E-state index contributed by atoms with van der Waals surface area (Å²) in [6, 6.07) is 4.41. The number of aryl methyl sites for hydroxylation is 1. The van der Waals surface area contributed by atoms with Crippen LogP contribution in [-0.4, -0.2) is 21.6 Å². The maximum absolute atomic E-state index is 12.1. The summed E-state index contributed by atoms with van der Waals surface area (Å²) in [5.41, 5.74) is 1.01. The van der Waals surface area contributed by atoms with Gasteiger partial charge < -0.3 is 4.74 Å². The SMILES string of the molecule is COc1cc(Cn2cnc(C)c(I)c2=O)cc([N+](=O)[O-])c1. The first-order valence-corrected chi connectivity index (χ1v) is 7.04. The van der Waals surface area contributed by atoms with Crippen molar-refractivity contribution in [2.24, 2.45) is 0 Å². The molecule has 0 spiro atoms. The number of rotatable bonds is 4. The number of non-ortho nitro benzene ring substituents is 1. The number of nitro benzene ring substituents is 1. The van der Waals surface area contributed by atoms with Crippen LogP contribution in [0.3, 0.4) is 0 Å². The second kappa shape index (κ2) is 6.20. The van der Waals surface area contributed by atoms with E-state index >= 15 is 0 Å². The molecule has 0 N–H and O–H groups in total. The summed E-state index contributed by atoms with van der Waals surface area (Å²) in [6.07, 6.45) is 1.44. The molecule has 0 radical (unpaired) electrons. The second-order valence-electron chi connectivity index (χ2n) is 4.37. The molecule has 8 heteroatoms. The van der Waals surface area contributed by atoms with Crippen molar-refractivity contribution in [2.45, 2.75) is 13.5 Å². The molecule has 1 heterocycles. The van der Waals surface area contributed by atoms with Gasteiger partial charge in [0.05, 0.1) is 40.2 Å². The van der Waals surface area contributed by atoms with E-state index in [1.807, 2.05) is 22.6 Å². The Morgan fingerprint density at radius 2 is 2.14 bits per heavy atom. The molecule has 0 atom stereocenters. The van der Waals surface area contributed by atoms with Gasteiger partial charge in [0.2, 0.25) is 0 Å². The van der Waals surface area contributed by atoms with Crippen LogP contribution in [0.5, 0.6) is 5.75 Å². The highest BCUT2D eigenvalue weighted by Gasteiger charge is 2.12. The molecule has 2 aromatic rings. The molecule has 1 aromatic carbocycles. The molecular formula is C13H12IN3O4. The van der Waals surface area contributed by atoms with Crippen molar-refractivity contribution in [3.63, 3.8) is 0 Å². The minimum atomic E-state index is -0.494. The summed E-state index contributed by atoms with van der Waals surface area (Å²) in [5, 5.41) is 10.9. The Balaban J connectivity index is 2.44. The van der Waals surface area contributed by atoms with E-state index in [1.54, 1.807) is 13.0 Å². The maximum atomic E-state index is 12.1. The van der Waals surface area contributed by atoms with Crippen LogP contribution in [0.1, 0.15) is 11.3 Å². The number of nitro groups is 1. The lowest BCUT2D eigenvalue weighted by atomic mass is 10.2. The molecule has 0 bridgehead atoms. The average molecular weight is 401 g/mol. The first-order chi connectivity index (χ1) is 9.92. The molecule has 0 saturated carbocycles. The Morgan fingerprint density at radius 1 is 1.43 bits per heavy atom. The zero-order valence-corrected chi connectivity index (χ0v) is 13.5. The number of hydrogen-bond acceptors (Lipinski definition) is 5. The lowest BCUT2D eigenvalue weighted by Crippen LogP contribution is -2.24. The van der Waals surface area contributed by atoms with Crippen LogP contribution in [-0.2, 0) is 6.54 Å². The minimum absolute atomic E-state index is 0.0767. The molecule has 110 valence electrons. The highest BCUT2D eigenvalue weighted by Crippen LogP contribution is 2.22. The third kappa shape index (κ3) is 3.38. The zero-order chi connectivity index (χ0) is 15.6. The van der Waals surface area contributed by atoms with E-state index in [0.29, 0.717) is 20.6 Å². The van der Waals surface area contributed by atoms with Crippen LogP contribution in [0.25, 0.3) is 0 Å². The maximum Gasteiger partial charge on any atom is 0.273 e. The lowest BCUT2D eigenvalue weighted by Gasteiger charge is -2.08. The molecule has 0 unspecified atom stereocenters. The Morgan fingerprint density at radius 3 is 2.76 bits per heavy atom. The summed E-state index contributed by atoms with van der Waals surface area (Å²) in [4.78, 5) is 26.7. The predicted octanol–water partition coefficient (Wildman–Crippen LogP) is 2.12. The number of halogens is 1. The van der Waals surface area contributed by atoms with Gasteiger partial charge in [-0.3, -0.25) is 19.5 Å². The molecule has 2 rings (SSSR count). The van der Waals surface area contributed by atoms with Crippen LogP contribution < -0.4 is 10.3 Å². The number of benzene rings is 1. The van der Waals surface area contributed by atoms with Gasteiger partial charge in [-0.05, 0) is 41.1 Å². The standard InChI is InChI=1S/C13H12IN3O4/c1-8-12(14)13(18)16(7-15-8)6-9-3-10(17(19)20)5-11(4-9)21-2/h3-5,7H,6H2,1-2H3.